The third-order valence-corrected chi connectivity index (χ3v) is 6.99. The molecule has 7 nitrogen and oxygen atoms in total. The van der Waals surface area contributed by atoms with Crippen LogP contribution in [0.1, 0.15) is 44.6 Å². The van der Waals surface area contributed by atoms with Crippen molar-refractivity contribution in [2.75, 3.05) is 26.7 Å². The van der Waals surface area contributed by atoms with Gasteiger partial charge in [0.1, 0.15) is 24.3 Å². The summed E-state index contributed by atoms with van der Waals surface area (Å²) < 4.78 is 11.0. The minimum Gasteiger partial charge on any atom is -0.497 e. The van der Waals surface area contributed by atoms with Crippen LogP contribution in [0.5, 0.6) is 5.75 Å². The molecule has 186 valence electrons. The number of nitrogens with one attached hydrogen (secondary N) is 1. The van der Waals surface area contributed by atoms with Gasteiger partial charge in [0.2, 0.25) is 5.91 Å². The van der Waals surface area contributed by atoms with Gasteiger partial charge in [0.25, 0.3) is 0 Å². The molecule has 0 spiro atoms. The number of methoxy groups -OCH3 is 1. The lowest BCUT2D eigenvalue weighted by molar-refractivity contribution is -0.121. The van der Waals surface area contributed by atoms with Crippen LogP contribution in [0.3, 0.4) is 0 Å². The summed E-state index contributed by atoms with van der Waals surface area (Å²) in [6.45, 7) is 6.20. The Morgan fingerprint density at radius 3 is 2.63 bits per heavy atom. The minimum absolute atomic E-state index is 0.0165. The average molecular weight is 478 g/mol. The average Bonchev–Trinajstić information content (AvgIpc) is 2.86. The minimum atomic E-state index is -0.479. The van der Waals surface area contributed by atoms with Gasteiger partial charge >= 0.3 is 0 Å². The van der Waals surface area contributed by atoms with E-state index in [1.54, 1.807) is 42.8 Å². The van der Waals surface area contributed by atoms with Gasteiger partial charge in [-0.05, 0) is 50.5 Å². The number of amides is 1. The van der Waals surface area contributed by atoms with Gasteiger partial charge in [-0.25, -0.2) is 0 Å². The highest BCUT2D eigenvalue weighted by Gasteiger charge is 2.29. The fraction of sp³-hybridized carbons (Fsp3) is 0.429. The summed E-state index contributed by atoms with van der Waals surface area (Å²) in [4.78, 5) is 29.7. The van der Waals surface area contributed by atoms with Gasteiger partial charge in [-0.3, -0.25) is 14.5 Å². The number of benzene rings is 1. The maximum Gasteiger partial charge on any atom is 0.239 e. The van der Waals surface area contributed by atoms with E-state index in [0.29, 0.717) is 24.4 Å². The van der Waals surface area contributed by atoms with E-state index in [1.165, 1.54) is 19.3 Å². The first kappa shape index (κ1) is 24.8. The Bertz CT molecular complexity index is 1030. The Balaban J connectivity index is 1.38. The summed E-state index contributed by atoms with van der Waals surface area (Å²) >= 11 is 0. The van der Waals surface area contributed by atoms with Gasteiger partial charge in [-0.1, -0.05) is 30.7 Å². The van der Waals surface area contributed by atoms with Crippen molar-refractivity contribution in [1.82, 2.24) is 15.1 Å². The van der Waals surface area contributed by atoms with Crippen molar-refractivity contribution in [2.24, 2.45) is 0 Å². The van der Waals surface area contributed by atoms with E-state index in [2.05, 4.69) is 24.1 Å². The summed E-state index contributed by atoms with van der Waals surface area (Å²) in [6, 6.07) is 8.59. The molecular weight excluding hydrogens is 442 g/mol. The Morgan fingerprint density at radius 1 is 1.17 bits per heavy atom. The van der Waals surface area contributed by atoms with E-state index in [0.717, 1.165) is 23.4 Å². The summed E-state index contributed by atoms with van der Waals surface area (Å²) in [5, 5.41) is 3.05. The number of carbonyl (C=O) groups excluding carboxylic acids is 2. The fourth-order valence-electron chi connectivity index (χ4n) is 5.07. The number of ketones is 1. The summed E-state index contributed by atoms with van der Waals surface area (Å²) in [5.41, 5.74) is 1.61. The van der Waals surface area contributed by atoms with Crippen LogP contribution in [0.25, 0.3) is 0 Å². The van der Waals surface area contributed by atoms with Crippen molar-refractivity contribution in [2.45, 2.75) is 51.1 Å². The van der Waals surface area contributed by atoms with Gasteiger partial charge in [0.15, 0.2) is 5.78 Å². The molecule has 3 atom stereocenters. The summed E-state index contributed by atoms with van der Waals surface area (Å²) in [7, 11) is 1.61. The number of rotatable bonds is 8. The predicted octanol–water partition coefficient (Wildman–Crippen LogP) is 3.87. The van der Waals surface area contributed by atoms with Gasteiger partial charge in [0, 0.05) is 43.1 Å². The zero-order chi connectivity index (χ0) is 24.8. The first-order valence-electron chi connectivity index (χ1n) is 12.4. The number of hydrogen-bond donors (Lipinski definition) is 1. The molecule has 1 fully saturated rings. The largest absolute Gasteiger partial charge is 0.497 e. The van der Waals surface area contributed by atoms with Crippen molar-refractivity contribution >= 4 is 11.7 Å². The fourth-order valence-corrected chi connectivity index (χ4v) is 5.07. The normalized spacial score (nSPS) is 24.5. The molecule has 7 heteroatoms. The van der Waals surface area contributed by atoms with Crippen molar-refractivity contribution in [3.8, 4) is 5.75 Å². The molecule has 2 aliphatic heterocycles. The zero-order valence-electron chi connectivity index (χ0n) is 20.8. The molecule has 1 aliphatic carbocycles. The van der Waals surface area contributed by atoms with Crippen LogP contribution < -0.4 is 10.1 Å². The number of likely N-dealkylation sites (tertiary alicyclic amines) is 1. The van der Waals surface area contributed by atoms with Gasteiger partial charge in [-0.15, -0.1) is 0 Å². The molecule has 3 unspecified atom stereocenters. The van der Waals surface area contributed by atoms with E-state index in [-0.39, 0.29) is 18.2 Å². The van der Waals surface area contributed by atoms with Crippen LogP contribution in [-0.2, 0) is 14.3 Å². The second-order valence-corrected chi connectivity index (χ2v) is 9.38. The SMILES string of the molecule is COc1ccc(C2C(=O)C=CC=C2C2=CN(CC(=O)NCCN3C(C)CCCC3C)C=CO2)cc1. The maximum absolute atomic E-state index is 12.8. The molecule has 0 saturated carbocycles. The highest BCUT2D eigenvalue weighted by Crippen LogP contribution is 2.35. The second kappa shape index (κ2) is 11.4. The second-order valence-electron chi connectivity index (χ2n) is 9.38. The van der Waals surface area contributed by atoms with Crippen LogP contribution >= 0.6 is 0 Å². The van der Waals surface area contributed by atoms with Gasteiger partial charge < -0.3 is 19.7 Å². The van der Waals surface area contributed by atoms with Crippen LogP contribution in [-0.4, -0.2) is 60.3 Å². The molecule has 3 aliphatic rings. The van der Waals surface area contributed by atoms with Crippen molar-refractivity contribution in [3.05, 3.63) is 78.1 Å². The monoisotopic (exact) mass is 477 g/mol. The van der Waals surface area contributed by atoms with E-state index in [1.807, 2.05) is 30.3 Å². The van der Waals surface area contributed by atoms with E-state index in [4.69, 9.17) is 9.47 Å². The molecule has 0 aromatic heterocycles. The molecule has 0 radical (unpaired) electrons. The first-order valence-corrected chi connectivity index (χ1v) is 12.4. The van der Waals surface area contributed by atoms with Crippen LogP contribution in [0.2, 0.25) is 0 Å². The standard InChI is InChI=1S/C28H35N3O4/c1-20-6-4-7-21(2)31(20)15-14-29-27(33)19-30-16-17-35-26(18-30)24-8-5-9-25(32)28(24)22-10-12-23(34-3)13-11-22/h5,8-13,16-18,20-21,28H,4,6-7,14-15,19H2,1-3H3,(H,29,33). The third kappa shape index (κ3) is 6.03. The first-order chi connectivity index (χ1) is 17.0. The molecule has 35 heavy (non-hydrogen) atoms. The Kier molecular flexibility index (Phi) is 8.08. The molecule has 1 aromatic carbocycles. The van der Waals surface area contributed by atoms with Crippen LogP contribution in [0, 0.1) is 0 Å². The quantitative estimate of drug-likeness (QED) is 0.613. The number of hydrogen-bond acceptors (Lipinski definition) is 6. The van der Waals surface area contributed by atoms with E-state index < -0.39 is 5.92 Å². The van der Waals surface area contributed by atoms with Crippen molar-refractivity contribution in [3.63, 3.8) is 0 Å². The number of allylic oxidation sites excluding steroid dienone is 4. The molecule has 1 N–H and O–H groups in total. The summed E-state index contributed by atoms with van der Waals surface area (Å²) in [5.74, 6) is 0.736. The van der Waals surface area contributed by atoms with E-state index >= 15 is 0 Å². The molecule has 1 saturated heterocycles. The number of carbonyl (C=O) groups is 2. The number of nitrogens with zero attached hydrogens (tertiary/aromatic N) is 2. The number of piperidine rings is 1. The van der Waals surface area contributed by atoms with Crippen LogP contribution in [0.15, 0.2) is 72.5 Å². The smallest absolute Gasteiger partial charge is 0.239 e. The molecule has 2 heterocycles. The molecular formula is C28H35N3O4. The Morgan fingerprint density at radius 2 is 1.91 bits per heavy atom. The predicted molar refractivity (Wildman–Crippen MR) is 135 cm³/mol. The van der Waals surface area contributed by atoms with Crippen molar-refractivity contribution < 1.29 is 19.1 Å². The maximum atomic E-state index is 12.8. The molecule has 0 bridgehead atoms. The lowest BCUT2D eigenvalue weighted by Crippen LogP contribution is -2.47. The third-order valence-electron chi connectivity index (χ3n) is 6.99. The molecule has 1 amide bonds. The lowest BCUT2D eigenvalue weighted by atomic mass is 9.83. The zero-order valence-corrected chi connectivity index (χ0v) is 20.8. The van der Waals surface area contributed by atoms with Gasteiger partial charge in [-0.2, -0.15) is 0 Å². The highest BCUT2D eigenvalue weighted by atomic mass is 16.5. The van der Waals surface area contributed by atoms with Crippen LogP contribution in [0.4, 0.5) is 0 Å². The topological polar surface area (TPSA) is 71.1 Å². The van der Waals surface area contributed by atoms with Crippen molar-refractivity contribution in [1.29, 1.82) is 0 Å². The summed E-state index contributed by atoms with van der Waals surface area (Å²) in [6.07, 6.45) is 14.0. The Labute approximate surface area is 207 Å². The van der Waals surface area contributed by atoms with Gasteiger partial charge in [0.05, 0.1) is 13.0 Å². The van der Waals surface area contributed by atoms with E-state index in [9.17, 15) is 9.59 Å². The highest BCUT2D eigenvalue weighted by molar-refractivity contribution is 6.00. The Hall–Kier alpha value is -3.32. The number of ether oxygens (including phenoxy) is 2. The lowest BCUT2D eigenvalue weighted by Gasteiger charge is -2.39. The molecule has 4 rings (SSSR count). The molecule has 1 aromatic rings.